The van der Waals surface area contributed by atoms with Gasteiger partial charge >= 0.3 is 6.18 Å². The van der Waals surface area contributed by atoms with Crippen LogP contribution in [0.1, 0.15) is 11.1 Å². The number of hydrogen-bond acceptors (Lipinski definition) is 3. The summed E-state index contributed by atoms with van der Waals surface area (Å²) in [6.45, 7) is 0. The fraction of sp³-hybridized carbons (Fsp3) is 0.364. The number of hydrogen-bond donors (Lipinski definition) is 1. The summed E-state index contributed by atoms with van der Waals surface area (Å²) in [7, 11) is 1.34. The molecule has 0 saturated heterocycles. The van der Waals surface area contributed by atoms with Crippen molar-refractivity contribution in [2.45, 2.75) is 12.6 Å². The number of ether oxygens (including phenoxy) is 1. The van der Waals surface area contributed by atoms with E-state index in [1.165, 1.54) is 13.2 Å². The summed E-state index contributed by atoms with van der Waals surface area (Å²) in [4.78, 5) is 11.2. The van der Waals surface area contributed by atoms with E-state index in [-0.39, 0.29) is 29.3 Å². The largest absolute Gasteiger partial charge is 0.496 e. The van der Waals surface area contributed by atoms with Gasteiger partial charge in [-0.3, -0.25) is 4.79 Å². The number of methoxy groups -OCH3 is 1. The molecule has 0 unspecified atom stereocenters. The Morgan fingerprint density at radius 3 is 2.53 bits per heavy atom. The van der Waals surface area contributed by atoms with Gasteiger partial charge in [0, 0.05) is 17.7 Å². The van der Waals surface area contributed by atoms with Crippen LogP contribution in [-0.2, 0) is 17.4 Å². The average Bonchev–Trinajstić information content (AvgIpc) is 2.27. The number of benzene rings is 1. The monoisotopic (exact) mass is 264 g/mol. The van der Waals surface area contributed by atoms with Crippen molar-refractivity contribution in [3.05, 3.63) is 29.3 Å². The maximum Gasteiger partial charge on any atom is 0.416 e. The number of ketones is 1. The van der Waals surface area contributed by atoms with Crippen LogP contribution >= 0.6 is 12.6 Å². The van der Waals surface area contributed by atoms with E-state index in [1.807, 2.05) is 0 Å². The molecule has 0 aromatic heterocycles. The van der Waals surface area contributed by atoms with Gasteiger partial charge in [0.05, 0.1) is 12.7 Å². The van der Waals surface area contributed by atoms with Gasteiger partial charge in [0.1, 0.15) is 11.5 Å². The standard InChI is InChI=1S/C11H11F3O2S/c1-16-10-3-2-8(11(12,13)14)4-7(10)5-9(15)6-17/h2-4,17H,5-6H2,1H3. The maximum absolute atomic E-state index is 12.5. The second kappa shape index (κ2) is 5.44. The topological polar surface area (TPSA) is 26.3 Å². The minimum Gasteiger partial charge on any atom is -0.496 e. The van der Waals surface area contributed by atoms with E-state index in [0.717, 1.165) is 12.1 Å². The molecule has 0 bridgehead atoms. The molecule has 2 nitrogen and oxygen atoms in total. The summed E-state index contributed by atoms with van der Waals surface area (Å²) < 4.78 is 42.4. The van der Waals surface area contributed by atoms with E-state index < -0.39 is 11.7 Å². The Bertz CT molecular complexity index is 416. The highest BCUT2D eigenvalue weighted by Crippen LogP contribution is 2.32. The molecule has 0 spiro atoms. The first-order valence-electron chi connectivity index (χ1n) is 4.75. The molecule has 0 atom stereocenters. The van der Waals surface area contributed by atoms with Crippen molar-refractivity contribution >= 4 is 18.4 Å². The normalized spacial score (nSPS) is 11.4. The number of halogens is 3. The third-order valence-corrected chi connectivity index (χ3v) is 2.52. The summed E-state index contributed by atoms with van der Waals surface area (Å²) in [5.74, 6) is -0.00144. The van der Waals surface area contributed by atoms with Gasteiger partial charge in [0.2, 0.25) is 0 Å². The van der Waals surface area contributed by atoms with E-state index in [9.17, 15) is 18.0 Å². The molecule has 0 heterocycles. The molecule has 0 radical (unpaired) electrons. The molecule has 1 aromatic rings. The van der Waals surface area contributed by atoms with E-state index >= 15 is 0 Å². The summed E-state index contributed by atoms with van der Waals surface area (Å²) in [5, 5.41) is 0. The smallest absolute Gasteiger partial charge is 0.416 e. The van der Waals surface area contributed by atoms with Crippen LogP contribution in [0.5, 0.6) is 5.75 Å². The van der Waals surface area contributed by atoms with E-state index in [0.29, 0.717) is 0 Å². The Kier molecular flexibility index (Phi) is 4.45. The van der Waals surface area contributed by atoms with Crippen LogP contribution < -0.4 is 4.74 Å². The van der Waals surface area contributed by atoms with Crippen LogP contribution in [0.4, 0.5) is 13.2 Å². The lowest BCUT2D eigenvalue weighted by molar-refractivity contribution is -0.137. The van der Waals surface area contributed by atoms with Gasteiger partial charge in [-0.25, -0.2) is 0 Å². The van der Waals surface area contributed by atoms with Crippen molar-refractivity contribution in [3.8, 4) is 5.75 Å². The number of carbonyl (C=O) groups excluding carboxylic acids is 1. The Balaban J connectivity index is 3.11. The van der Waals surface area contributed by atoms with Gasteiger partial charge in [-0.2, -0.15) is 25.8 Å². The Labute approximate surface area is 102 Å². The highest BCUT2D eigenvalue weighted by Gasteiger charge is 2.31. The number of carbonyl (C=O) groups is 1. The minimum atomic E-state index is -4.43. The van der Waals surface area contributed by atoms with Crippen LogP contribution in [0, 0.1) is 0 Å². The van der Waals surface area contributed by atoms with Crippen molar-refractivity contribution in [2.24, 2.45) is 0 Å². The van der Waals surface area contributed by atoms with Crippen LogP contribution in [0.2, 0.25) is 0 Å². The van der Waals surface area contributed by atoms with Crippen molar-refractivity contribution in [2.75, 3.05) is 12.9 Å². The minimum absolute atomic E-state index is 0.0145. The molecule has 0 aliphatic heterocycles. The lowest BCUT2D eigenvalue weighted by atomic mass is 10.0. The van der Waals surface area contributed by atoms with Gasteiger partial charge in [-0.1, -0.05) is 0 Å². The quantitative estimate of drug-likeness (QED) is 0.846. The van der Waals surface area contributed by atoms with Gasteiger partial charge in [-0.05, 0) is 18.2 Å². The Morgan fingerprint density at radius 2 is 2.06 bits per heavy atom. The number of thiol groups is 1. The molecule has 6 heteroatoms. The molecule has 1 rings (SSSR count). The average molecular weight is 264 g/mol. The molecule has 0 fully saturated rings. The molecule has 0 amide bonds. The first-order chi connectivity index (χ1) is 7.88. The van der Waals surface area contributed by atoms with Gasteiger partial charge in [0.25, 0.3) is 0 Å². The molecule has 0 saturated carbocycles. The zero-order chi connectivity index (χ0) is 13.1. The van der Waals surface area contributed by atoms with Crippen molar-refractivity contribution in [1.82, 2.24) is 0 Å². The van der Waals surface area contributed by atoms with E-state index in [1.54, 1.807) is 0 Å². The molecule has 0 aliphatic rings. The second-order valence-electron chi connectivity index (χ2n) is 3.40. The third kappa shape index (κ3) is 3.66. The van der Waals surface area contributed by atoms with Gasteiger partial charge in [0.15, 0.2) is 0 Å². The maximum atomic E-state index is 12.5. The lowest BCUT2D eigenvalue weighted by Gasteiger charge is -2.12. The number of rotatable bonds is 4. The predicted octanol–water partition coefficient (Wildman–Crippen LogP) is 2.76. The summed E-state index contributed by atoms with van der Waals surface area (Å²) in [5.41, 5.74) is -0.568. The highest BCUT2D eigenvalue weighted by atomic mass is 32.1. The molecule has 1 aromatic carbocycles. The van der Waals surface area contributed by atoms with E-state index in [4.69, 9.17) is 4.74 Å². The third-order valence-electron chi connectivity index (χ3n) is 2.17. The van der Waals surface area contributed by atoms with Crippen LogP contribution in [-0.4, -0.2) is 18.6 Å². The molecule has 17 heavy (non-hydrogen) atoms. The Morgan fingerprint density at radius 1 is 1.41 bits per heavy atom. The first kappa shape index (κ1) is 13.9. The lowest BCUT2D eigenvalue weighted by Crippen LogP contribution is -2.09. The van der Waals surface area contributed by atoms with Crippen molar-refractivity contribution in [1.29, 1.82) is 0 Å². The fourth-order valence-corrected chi connectivity index (χ4v) is 1.47. The van der Waals surface area contributed by atoms with Crippen molar-refractivity contribution < 1.29 is 22.7 Å². The zero-order valence-electron chi connectivity index (χ0n) is 9.04. The number of alkyl halides is 3. The first-order valence-corrected chi connectivity index (χ1v) is 5.38. The van der Waals surface area contributed by atoms with Gasteiger partial charge < -0.3 is 4.74 Å². The summed E-state index contributed by atoms with van der Waals surface area (Å²) in [6.07, 6.45) is -4.54. The fourth-order valence-electron chi connectivity index (χ4n) is 1.36. The van der Waals surface area contributed by atoms with Crippen LogP contribution in [0.25, 0.3) is 0 Å². The molecule has 94 valence electrons. The van der Waals surface area contributed by atoms with Gasteiger partial charge in [-0.15, -0.1) is 0 Å². The van der Waals surface area contributed by atoms with Crippen LogP contribution in [0.3, 0.4) is 0 Å². The molecule has 0 N–H and O–H groups in total. The molecular weight excluding hydrogens is 253 g/mol. The van der Waals surface area contributed by atoms with E-state index in [2.05, 4.69) is 12.6 Å². The van der Waals surface area contributed by atoms with Crippen LogP contribution in [0.15, 0.2) is 18.2 Å². The second-order valence-corrected chi connectivity index (χ2v) is 3.71. The SMILES string of the molecule is COc1ccc(C(F)(F)F)cc1CC(=O)CS. The predicted molar refractivity (Wildman–Crippen MR) is 60.6 cm³/mol. The Hall–Kier alpha value is -1.17. The molecular formula is C11H11F3O2S. The van der Waals surface area contributed by atoms with Crippen molar-refractivity contribution in [3.63, 3.8) is 0 Å². The molecule has 0 aliphatic carbocycles. The summed E-state index contributed by atoms with van der Waals surface area (Å²) in [6, 6.07) is 3.07. The highest BCUT2D eigenvalue weighted by molar-refractivity contribution is 7.81. The zero-order valence-corrected chi connectivity index (χ0v) is 9.94. The number of Topliss-reactive ketones (excluding diaryl/α,β-unsaturated/α-hetero) is 1. The summed E-state index contributed by atoms with van der Waals surface area (Å²) >= 11 is 3.78.